The van der Waals surface area contributed by atoms with E-state index in [1.807, 2.05) is 14.0 Å². The van der Waals surface area contributed by atoms with Gasteiger partial charge in [0.2, 0.25) is 0 Å². The molecular weight excluding hydrogens is 202 g/mol. The Morgan fingerprint density at radius 2 is 1.75 bits per heavy atom. The monoisotopic (exact) mass is 231 g/mol. The Labute approximate surface area is 101 Å². The molecule has 4 heteroatoms. The van der Waals surface area contributed by atoms with Crippen molar-refractivity contribution in [2.45, 2.75) is 25.9 Å². The van der Waals surface area contributed by atoms with Gasteiger partial charge in [-0.15, -0.1) is 0 Å². The van der Waals surface area contributed by atoms with Crippen LogP contribution >= 0.6 is 0 Å². The topological polar surface area (TPSA) is 38.7 Å². The molecule has 0 aliphatic carbocycles. The quantitative estimate of drug-likeness (QED) is 0.528. The Hall–Kier alpha value is -0.160. The lowest BCUT2D eigenvalue weighted by atomic mass is 10.3. The van der Waals surface area contributed by atoms with Crippen LogP contribution in [0.15, 0.2) is 0 Å². The third-order valence-corrected chi connectivity index (χ3v) is 2.50. The van der Waals surface area contributed by atoms with E-state index in [9.17, 15) is 5.11 Å². The van der Waals surface area contributed by atoms with Crippen LogP contribution in [-0.2, 0) is 0 Å². The van der Waals surface area contributed by atoms with Gasteiger partial charge in [0.1, 0.15) is 0 Å². The fourth-order valence-corrected chi connectivity index (χ4v) is 1.76. The van der Waals surface area contributed by atoms with Crippen LogP contribution in [-0.4, -0.2) is 74.9 Å². The van der Waals surface area contributed by atoms with Crippen LogP contribution in [0.2, 0.25) is 0 Å². The maximum Gasteiger partial charge on any atom is 0.0639 e. The lowest BCUT2D eigenvalue weighted by Gasteiger charge is -2.24. The molecular formula is C12H29N3O. The number of nitrogens with zero attached hydrogens (tertiary/aromatic N) is 2. The Bertz CT molecular complexity index is 151. The maximum atomic E-state index is 9.42. The average Bonchev–Trinajstić information content (AvgIpc) is 2.16. The second-order valence-corrected chi connectivity index (χ2v) is 4.76. The summed E-state index contributed by atoms with van der Waals surface area (Å²) >= 11 is 0. The summed E-state index contributed by atoms with van der Waals surface area (Å²) in [4.78, 5) is 4.56. The molecule has 98 valence electrons. The predicted molar refractivity (Wildman–Crippen MR) is 69.8 cm³/mol. The minimum Gasteiger partial charge on any atom is -0.392 e. The van der Waals surface area contributed by atoms with Gasteiger partial charge in [-0.05, 0) is 67.1 Å². The van der Waals surface area contributed by atoms with E-state index in [1.54, 1.807) is 0 Å². The van der Waals surface area contributed by atoms with Crippen LogP contribution in [0.25, 0.3) is 0 Å². The van der Waals surface area contributed by atoms with E-state index in [-0.39, 0.29) is 6.10 Å². The number of hydrogen-bond acceptors (Lipinski definition) is 4. The second-order valence-electron chi connectivity index (χ2n) is 4.76. The molecule has 0 aromatic heterocycles. The van der Waals surface area contributed by atoms with Crippen LogP contribution in [0.3, 0.4) is 0 Å². The van der Waals surface area contributed by atoms with Crippen molar-refractivity contribution < 1.29 is 5.11 Å². The molecule has 0 spiro atoms. The Balaban J connectivity index is 3.71. The molecule has 0 fully saturated rings. The lowest BCUT2D eigenvalue weighted by molar-refractivity contribution is 0.123. The molecule has 0 saturated carbocycles. The highest BCUT2D eigenvalue weighted by atomic mass is 16.3. The van der Waals surface area contributed by atoms with Gasteiger partial charge in [-0.3, -0.25) is 0 Å². The molecule has 1 unspecified atom stereocenters. The van der Waals surface area contributed by atoms with Crippen molar-refractivity contribution in [2.24, 2.45) is 0 Å². The summed E-state index contributed by atoms with van der Waals surface area (Å²) in [6, 6.07) is 0. The fraction of sp³-hybridized carbons (Fsp3) is 1.00. The second kappa shape index (κ2) is 10.0. The smallest absolute Gasteiger partial charge is 0.0639 e. The summed E-state index contributed by atoms with van der Waals surface area (Å²) in [5, 5.41) is 12.6. The van der Waals surface area contributed by atoms with Gasteiger partial charge in [0.15, 0.2) is 0 Å². The lowest BCUT2D eigenvalue weighted by Crippen LogP contribution is -2.35. The standard InChI is InChI=1S/C12H29N3O/c1-12(16)11-15(9-5-7-13-2)10-6-8-14(3)4/h12-13,16H,5-11H2,1-4H3. The number of aliphatic hydroxyl groups is 1. The summed E-state index contributed by atoms with van der Waals surface area (Å²) in [6.07, 6.45) is 2.08. The molecule has 4 nitrogen and oxygen atoms in total. The molecule has 0 bridgehead atoms. The van der Waals surface area contributed by atoms with Gasteiger partial charge in [-0.2, -0.15) is 0 Å². The van der Waals surface area contributed by atoms with Gasteiger partial charge in [0, 0.05) is 6.54 Å². The third kappa shape index (κ3) is 10.4. The SMILES string of the molecule is CNCCCN(CCCN(C)C)CC(C)O. The molecule has 0 aromatic carbocycles. The van der Waals surface area contributed by atoms with E-state index >= 15 is 0 Å². The largest absolute Gasteiger partial charge is 0.392 e. The summed E-state index contributed by atoms with van der Waals surface area (Å²) in [5.74, 6) is 0. The Kier molecular flexibility index (Phi) is 9.92. The first-order chi connectivity index (χ1) is 7.56. The van der Waals surface area contributed by atoms with Crippen molar-refractivity contribution in [2.75, 3.05) is 53.9 Å². The van der Waals surface area contributed by atoms with Gasteiger partial charge >= 0.3 is 0 Å². The molecule has 16 heavy (non-hydrogen) atoms. The number of rotatable bonds is 10. The Morgan fingerprint density at radius 3 is 2.25 bits per heavy atom. The highest BCUT2D eigenvalue weighted by Gasteiger charge is 2.07. The van der Waals surface area contributed by atoms with Crippen molar-refractivity contribution in [1.29, 1.82) is 0 Å². The summed E-state index contributed by atoms with van der Waals surface area (Å²) in [6.45, 7) is 6.95. The van der Waals surface area contributed by atoms with Crippen LogP contribution in [0.4, 0.5) is 0 Å². The molecule has 0 aliphatic rings. The highest BCUT2D eigenvalue weighted by Crippen LogP contribution is 1.97. The summed E-state index contributed by atoms with van der Waals surface area (Å²) in [5.41, 5.74) is 0. The first-order valence-electron chi connectivity index (χ1n) is 6.26. The van der Waals surface area contributed by atoms with Crippen LogP contribution < -0.4 is 5.32 Å². The minimum atomic E-state index is -0.228. The first-order valence-corrected chi connectivity index (χ1v) is 6.26. The zero-order valence-electron chi connectivity index (χ0n) is 11.4. The molecule has 0 saturated heterocycles. The van der Waals surface area contributed by atoms with Crippen molar-refractivity contribution in [3.63, 3.8) is 0 Å². The van der Waals surface area contributed by atoms with Gasteiger partial charge in [0.05, 0.1) is 6.10 Å². The van der Waals surface area contributed by atoms with Gasteiger partial charge in [0.25, 0.3) is 0 Å². The highest BCUT2D eigenvalue weighted by molar-refractivity contribution is 4.63. The third-order valence-electron chi connectivity index (χ3n) is 2.50. The van der Waals surface area contributed by atoms with E-state index in [0.29, 0.717) is 0 Å². The van der Waals surface area contributed by atoms with Gasteiger partial charge in [-0.1, -0.05) is 0 Å². The molecule has 2 N–H and O–H groups in total. The summed E-state index contributed by atoms with van der Waals surface area (Å²) < 4.78 is 0. The van der Waals surface area contributed by atoms with E-state index < -0.39 is 0 Å². The van der Waals surface area contributed by atoms with Gasteiger partial charge < -0.3 is 20.2 Å². The first kappa shape index (κ1) is 15.8. The van der Waals surface area contributed by atoms with Crippen molar-refractivity contribution >= 4 is 0 Å². The number of aliphatic hydroxyl groups excluding tert-OH is 1. The van der Waals surface area contributed by atoms with Crippen molar-refractivity contribution in [1.82, 2.24) is 15.1 Å². The van der Waals surface area contributed by atoms with Crippen LogP contribution in [0.1, 0.15) is 19.8 Å². The van der Waals surface area contributed by atoms with Crippen molar-refractivity contribution in [3.05, 3.63) is 0 Å². The van der Waals surface area contributed by atoms with E-state index in [1.165, 1.54) is 6.42 Å². The Morgan fingerprint density at radius 1 is 1.12 bits per heavy atom. The molecule has 0 heterocycles. The van der Waals surface area contributed by atoms with Crippen molar-refractivity contribution in [3.8, 4) is 0 Å². The van der Waals surface area contributed by atoms with Crippen LogP contribution in [0.5, 0.6) is 0 Å². The molecule has 1 atom stereocenters. The summed E-state index contributed by atoms with van der Waals surface area (Å²) in [7, 11) is 6.17. The molecule has 0 aromatic rings. The average molecular weight is 231 g/mol. The van der Waals surface area contributed by atoms with E-state index in [0.717, 1.165) is 39.1 Å². The number of nitrogens with one attached hydrogen (secondary N) is 1. The van der Waals surface area contributed by atoms with E-state index in [2.05, 4.69) is 29.2 Å². The predicted octanol–water partition coefficient (Wildman–Crippen LogP) is 0.230. The van der Waals surface area contributed by atoms with Crippen LogP contribution in [0, 0.1) is 0 Å². The van der Waals surface area contributed by atoms with Gasteiger partial charge in [-0.25, -0.2) is 0 Å². The normalized spacial score (nSPS) is 13.7. The number of hydrogen-bond donors (Lipinski definition) is 2. The van der Waals surface area contributed by atoms with E-state index in [4.69, 9.17) is 0 Å². The molecule has 0 radical (unpaired) electrons. The maximum absolute atomic E-state index is 9.42. The fourth-order valence-electron chi connectivity index (χ4n) is 1.76. The molecule has 0 aliphatic heterocycles. The molecule has 0 rings (SSSR count). The zero-order chi connectivity index (χ0) is 12.4. The minimum absolute atomic E-state index is 0.228. The molecule has 0 amide bonds. The zero-order valence-corrected chi connectivity index (χ0v) is 11.4.